The molecule has 2 aromatic rings. The number of carbonyl (C=O) groups is 1. The summed E-state index contributed by atoms with van der Waals surface area (Å²) in [5.74, 6) is 2.03. The molecule has 1 heterocycles. The lowest BCUT2D eigenvalue weighted by Gasteiger charge is -2.20. The number of hydrogen-bond acceptors (Lipinski definition) is 3. The smallest absolute Gasteiger partial charge is 0.251 e. The van der Waals surface area contributed by atoms with Crippen LogP contribution in [0.4, 0.5) is 5.82 Å². The number of nitrogens with two attached hydrogens (primary N) is 1. The molecule has 124 valence electrons. The van der Waals surface area contributed by atoms with E-state index in [0.717, 1.165) is 23.5 Å². The van der Waals surface area contributed by atoms with Crippen LogP contribution in [0.15, 0.2) is 42.6 Å². The normalized spacial score (nSPS) is 25.4. The van der Waals surface area contributed by atoms with Crippen LogP contribution in [0.3, 0.4) is 0 Å². The number of rotatable bonds is 3. The topological polar surface area (TPSA) is 68.0 Å². The van der Waals surface area contributed by atoms with E-state index in [1.165, 1.54) is 25.7 Å². The lowest BCUT2D eigenvalue weighted by molar-refractivity contribution is 0.0926. The van der Waals surface area contributed by atoms with Gasteiger partial charge in [-0.3, -0.25) is 4.79 Å². The minimum absolute atomic E-state index is 0.0249. The Morgan fingerprint density at radius 1 is 1.12 bits per heavy atom. The van der Waals surface area contributed by atoms with Crippen molar-refractivity contribution in [3.05, 3.63) is 48.2 Å². The number of nitrogens with zero attached hydrogens (tertiary/aromatic N) is 1. The second-order valence-corrected chi connectivity index (χ2v) is 7.03. The minimum Gasteiger partial charge on any atom is -0.383 e. The Bertz CT molecular complexity index is 758. The monoisotopic (exact) mass is 321 g/mol. The molecule has 4 rings (SSSR count). The highest BCUT2D eigenvalue weighted by molar-refractivity contribution is 5.96. The van der Waals surface area contributed by atoms with E-state index < -0.39 is 0 Å². The molecule has 0 spiro atoms. The van der Waals surface area contributed by atoms with Gasteiger partial charge < -0.3 is 11.1 Å². The first-order valence-corrected chi connectivity index (χ1v) is 8.84. The molecule has 2 saturated carbocycles. The van der Waals surface area contributed by atoms with Crippen LogP contribution in [0.1, 0.15) is 42.5 Å². The first-order valence-electron chi connectivity index (χ1n) is 8.84. The van der Waals surface area contributed by atoms with Gasteiger partial charge in [0.1, 0.15) is 5.82 Å². The molecule has 0 saturated heterocycles. The molecule has 2 fully saturated rings. The van der Waals surface area contributed by atoms with Crippen LogP contribution in [0, 0.1) is 11.8 Å². The molecule has 3 unspecified atom stereocenters. The zero-order chi connectivity index (χ0) is 16.5. The summed E-state index contributed by atoms with van der Waals surface area (Å²) in [6.45, 7) is 0. The van der Waals surface area contributed by atoms with Gasteiger partial charge in [0.2, 0.25) is 0 Å². The van der Waals surface area contributed by atoms with Crippen LogP contribution >= 0.6 is 0 Å². The van der Waals surface area contributed by atoms with E-state index in [1.807, 2.05) is 36.4 Å². The van der Waals surface area contributed by atoms with Crippen LogP contribution in [0.25, 0.3) is 11.1 Å². The van der Waals surface area contributed by atoms with Gasteiger partial charge in [0.25, 0.3) is 5.91 Å². The summed E-state index contributed by atoms with van der Waals surface area (Å²) in [4.78, 5) is 16.8. The number of nitrogens with one attached hydrogen (secondary N) is 1. The molecule has 1 aromatic carbocycles. The van der Waals surface area contributed by atoms with Crippen molar-refractivity contribution in [2.75, 3.05) is 5.73 Å². The van der Waals surface area contributed by atoms with Crippen molar-refractivity contribution >= 4 is 11.7 Å². The Morgan fingerprint density at radius 3 is 2.92 bits per heavy atom. The average molecular weight is 321 g/mol. The number of aromatic nitrogens is 1. The Labute approximate surface area is 142 Å². The fourth-order valence-corrected chi connectivity index (χ4v) is 4.48. The number of pyridine rings is 1. The average Bonchev–Trinajstić information content (AvgIpc) is 3.20. The molecule has 1 aromatic heterocycles. The summed E-state index contributed by atoms with van der Waals surface area (Å²) in [7, 11) is 0. The van der Waals surface area contributed by atoms with Crippen molar-refractivity contribution in [1.82, 2.24) is 10.3 Å². The molecule has 0 radical (unpaired) electrons. The zero-order valence-corrected chi connectivity index (χ0v) is 13.7. The van der Waals surface area contributed by atoms with Crippen LogP contribution in [0.5, 0.6) is 0 Å². The molecule has 0 aliphatic heterocycles. The van der Waals surface area contributed by atoms with Gasteiger partial charge >= 0.3 is 0 Å². The number of nitrogen functional groups attached to an aromatic ring is 1. The van der Waals surface area contributed by atoms with E-state index in [0.29, 0.717) is 23.3 Å². The number of hydrogen-bond donors (Lipinski definition) is 2. The van der Waals surface area contributed by atoms with Gasteiger partial charge in [0.05, 0.1) is 0 Å². The van der Waals surface area contributed by atoms with Crippen molar-refractivity contribution in [2.45, 2.75) is 38.1 Å². The lowest BCUT2D eigenvalue weighted by atomic mass is 9.97. The van der Waals surface area contributed by atoms with Crippen molar-refractivity contribution < 1.29 is 4.79 Å². The van der Waals surface area contributed by atoms with Gasteiger partial charge in [-0.05, 0) is 60.9 Å². The van der Waals surface area contributed by atoms with E-state index in [-0.39, 0.29) is 5.91 Å². The standard InChI is InChI=1S/C20H23N3O/c21-19-17(8-3-11-22-19)14-5-1-6-15(12-14)20(24)23-18-10-9-13-4-2-7-16(13)18/h1,3,5-6,8,11-13,16,18H,2,4,7,9-10H2,(H2,21,22)(H,23,24). The summed E-state index contributed by atoms with van der Waals surface area (Å²) in [5.41, 5.74) is 8.44. The van der Waals surface area contributed by atoms with E-state index in [9.17, 15) is 4.79 Å². The summed E-state index contributed by atoms with van der Waals surface area (Å²) >= 11 is 0. The fraction of sp³-hybridized carbons (Fsp3) is 0.400. The summed E-state index contributed by atoms with van der Waals surface area (Å²) < 4.78 is 0. The van der Waals surface area contributed by atoms with Crippen LogP contribution in [-0.2, 0) is 0 Å². The zero-order valence-electron chi connectivity index (χ0n) is 13.7. The van der Waals surface area contributed by atoms with Crippen molar-refractivity contribution in [2.24, 2.45) is 11.8 Å². The van der Waals surface area contributed by atoms with E-state index >= 15 is 0 Å². The highest BCUT2D eigenvalue weighted by Gasteiger charge is 2.39. The number of carbonyl (C=O) groups excluding carboxylic acids is 1. The molecule has 1 amide bonds. The summed E-state index contributed by atoms with van der Waals surface area (Å²) in [6, 6.07) is 11.8. The van der Waals surface area contributed by atoms with Crippen LogP contribution in [0.2, 0.25) is 0 Å². The fourth-order valence-electron chi connectivity index (χ4n) is 4.48. The number of anilines is 1. The predicted molar refractivity (Wildman–Crippen MR) is 95.4 cm³/mol. The van der Waals surface area contributed by atoms with Crippen LogP contribution in [-0.4, -0.2) is 16.9 Å². The Balaban J connectivity index is 1.53. The number of benzene rings is 1. The maximum absolute atomic E-state index is 12.7. The third kappa shape index (κ3) is 2.77. The molecule has 2 aliphatic rings. The maximum atomic E-state index is 12.7. The third-order valence-corrected chi connectivity index (χ3v) is 5.67. The maximum Gasteiger partial charge on any atom is 0.251 e. The first kappa shape index (κ1) is 15.2. The molecule has 4 nitrogen and oxygen atoms in total. The van der Waals surface area contributed by atoms with Gasteiger partial charge in [0.15, 0.2) is 0 Å². The molecule has 4 heteroatoms. The van der Waals surface area contributed by atoms with E-state index in [4.69, 9.17) is 5.73 Å². The van der Waals surface area contributed by atoms with Gasteiger partial charge in [0, 0.05) is 23.4 Å². The molecule has 2 aliphatic carbocycles. The van der Waals surface area contributed by atoms with Gasteiger partial charge in [-0.15, -0.1) is 0 Å². The lowest BCUT2D eigenvalue weighted by Crippen LogP contribution is -2.37. The van der Waals surface area contributed by atoms with E-state index in [1.54, 1.807) is 6.20 Å². The third-order valence-electron chi connectivity index (χ3n) is 5.67. The Kier molecular flexibility index (Phi) is 3.97. The molecular formula is C20H23N3O. The van der Waals surface area contributed by atoms with Gasteiger partial charge in [-0.2, -0.15) is 0 Å². The highest BCUT2D eigenvalue weighted by atomic mass is 16.1. The second-order valence-electron chi connectivity index (χ2n) is 7.03. The largest absolute Gasteiger partial charge is 0.383 e. The second kappa shape index (κ2) is 6.27. The quantitative estimate of drug-likeness (QED) is 0.907. The summed E-state index contributed by atoms with van der Waals surface area (Å²) in [6.07, 6.45) is 7.98. The van der Waals surface area contributed by atoms with Gasteiger partial charge in [-0.25, -0.2) is 4.98 Å². The van der Waals surface area contributed by atoms with Crippen molar-refractivity contribution in [3.63, 3.8) is 0 Å². The first-order chi connectivity index (χ1) is 11.7. The Hall–Kier alpha value is -2.36. The molecular weight excluding hydrogens is 298 g/mol. The Morgan fingerprint density at radius 2 is 2.04 bits per heavy atom. The van der Waals surface area contributed by atoms with Crippen LogP contribution < -0.4 is 11.1 Å². The van der Waals surface area contributed by atoms with Gasteiger partial charge in [-0.1, -0.05) is 25.0 Å². The molecule has 3 N–H and O–H groups in total. The number of fused-ring (bicyclic) bond motifs is 1. The molecule has 3 atom stereocenters. The number of amides is 1. The minimum atomic E-state index is 0.0249. The summed E-state index contributed by atoms with van der Waals surface area (Å²) in [5, 5.41) is 3.27. The highest BCUT2D eigenvalue weighted by Crippen LogP contribution is 2.44. The molecule has 0 bridgehead atoms. The molecule has 24 heavy (non-hydrogen) atoms. The van der Waals surface area contributed by atoms with Crippen molar-refractivity contribution in [3.8, 4) is 11.1 Å². The SMILES string of the molecule is Nc1ncccc1-c1cccc(C(=O)NC2CCC3CCCC32)c1. The van der Waals surface area contributed by atoms with Crippen molar-refractivity contribution in [1.29, 1.82) is 0 Å². The van der Waals surface area contributed by atoms with E-state index in [2.05, 4.69) is 10.3 Å². The predicted octanol–water partition coefficient (Wildman–Crippen LogP) is 3.64.